The Morgan fingerprint density at radius 1 is 1.62 bits per heavy atom. The predicted octanol–water partition coefficient (Wildman–Crippen LogP) is 1.63. The maximum absolute atomic E-state index is 9.11. The van der Waals surface area contributed by atoms with Crippen LogP contribution in [0.1, 0.15) is 50.4 Å². The number of aliphatic hydroxyl groups is 1. The van der Waals surface area contributed by atoms with E-state index in [0.29, 0.717) is 6.04 Å². The van der Waals surface area contributed by atoms with Crippen molar-refractivity contribution in [3.63, 3.8) is 0 Å². The zero-order chi connectivity index (χ0) is 11.5. The van der Waals surface area contributed by atoms with E-state index in [1.807, 2.05) is 6.33 Å². The summed E-state index contributed by atoms with van der Waals surface area (Å²) in [6, 6.07) is 0.179. The monoisotopic (exact) mass is 223 g/mol. The molecule has 0 spiro atoms. The maximum atomic E-state index is 9.11. The van der Waals surface area contributed by atoms with Gasteiger partial charge in [-0.2, -0.15) is 0 Å². The third-order valence-corrected chi connectivity index (χ3v) is 3.44. The third kappa shape index (κ3) is 2.44. The summed E-state index contributed by atoms with van der Waals surface area (Å²) in [5.41, 5.74) is 6.82. The summed E-state index contributed by atoms with van der Waals surface area (Å²) in [6.45, 7) is 2.17. The van der Waals surface area contributed by atoms with Crippen LogP contribution in [0.25, 0.3) is 0 Å². The zero-order valence-electron chi connectivity index (χ0n) is 9.84. The van der Waals surface area contributed by atoms with Gasteiger partial charge < -0.3 is 15.4 Å². The Kier molecular flexibility index (Phi) is 3.61. The van der Waals surface area contributed by atoms with Gasteiger partial charge in [-0.15, -0.1) is 0 Å². The Hall–Kier alpha value is -0.870. The van der Waals surface area contributed by atoms with Crippen molar-refractivity contribution < 1.29 is 5.11 Å². The molecule has 1 aliphatic carbocycles. The minimum atomic E-state index is -0.309. The molecule has 0 aromatic carbocycles. The Bertz CT molecular complexity index is 333. The molecule has 0 amide bonds. The smallest absolute Gasteiger partial charge is 0.0951 e. The average Bonchev–Trinajstić information content (AvgIpc) is 3.00. The lowest BCUT2D eigenvalue weighted by molar-refractivity contribution is 0.259. The molecule has 0 bridgehead atoms. The van der Waals surface area contributed by atoms with Gasteiger partial charge in [0.2, 0.25) is 0 Å². The van der Waals surface area contributed by atoms with Crippen LogP contribution in [0.3, 0.4) is 0 Å². The van der Waals surface area contributed by atoms with Gasteiger partial charge >= 0.3 is 0 Å². The summed E-state index contributed by atoms with van der Waals surface area (Å²) in [5.74, 6) is 0.894. The summed E-state index contributed by atoms with van der Waals surface area (Å²) in [7, 11) is 0. The van der Waals surface area contributed by atoms with E-state index in [1.54, 1.807) is 6.20 Å². The number of imidazole rings is 1. The molecule has 2 rings (SSSR count). The summed E-state index contributed by atoms with van der Waals surface area (Å²) in [6.07, 6.45) is 8.67. The number of hydrogen-bond donors (Lipinski definition) is 2. The quantitative estimate of drug-likeness (QED) is 0.770. The maximum Gasteiger partial charge on any atom is 0.0951 e. The van der Waals surface area contributed by atoms with E-state index in [1.165, 1.54) is 19.3 Å². The van der Waals surface area contributed by atoms with Gasteiger partial charge in [0.05, 0.1) is 24.7 Å². The summed E-state index contributed by atoms with van der Waals surface area (Å²) < 4.78 is 2.15. The fourth-order valence-corrected chi connectivity index (χ4v) is 2.22. The van der Waals surface area contributed by atoms with E-state index in [-0.39, 0.29) is 12.6 Å². The molecule has 0 radical (unpaired) electrons. The largest absolute Gasteiger partial charge is 0.394 e. The molecule has 0 aliphatic heterocycles. The molecule has 0 saturated heterocycles. The fourth-order valence-electron chi connectivity index (χ4n) is 2.22. The van der Waals surface area contributed by atoms with Gasteiger partial charge in [-0.05, 0) is 18.8 Å². The highest BCUT2D eigenvalue weighted by molar-refractivity contribution is 5.06. The van der Waals surface area contributed by atoms with Crippen molar-refractivity contribution in [1.82, 2.24) is 9.55 Å². The van der Waals surface area contributed by atoms with Crippen molar-refractivity contribution in [2.75, 3.05) is 6.61 Å². The molecule has 1 saturated carbocycles. The highest BCUT2D eigenvalue weighted by Crippen LogP contribution is 2.38. The third-order valence-electron chi connectivity index (χ3n) is 3.44. The van der Waals surface area contributed by atoms with Gasteiger partial charge in [-0.3, -0.25) is 0 Å². The lowest BCUT2D eigenvalue weighted by atomic mass is 10.1. The molecular formula is C12H21N3O. The van der Waals surface area contributed by atoms with Gasteiger partial charge in [0.15, 0.2) is 0 Å². The van der Waals surface area contributed by atoms with Gasteiger partial charge in [-0.25, -0.2) is 4.98 Å². The first-order valence-corrected chi connectivity index (χ1v) is 6.14. The van der Waals surface area contributed by atoms with Gasteiger partial charge in [0.25, 0.3) is 0 Å². The number of nitrogens with zero attached hydrogens (tertiary/aromatic N) is 2. The Morgan fingerprint density at radius 2 is 2.38 bits per heavy atom. The number of aliphatic hydroxyl groups excluding tert-OH is 1. The average molecular weight is 223 g/mol. The van der Waals surface area contributed by atoms with Gasteiger partial charge in [-0.1, -0.05) is 19.8 Å². The highest BCUT2D eigenvalue weighted by Gasteiger charge is 2.26. The number of nitrogens with two attached hydrogens (primary N) is 1. The lowest BCUT2D eigenvalue weighted by Gasteiger charge is -2.21. The van der Waals surface area contributed by atoms with E-state index in [9.17, 15) is 0 Å². The minimum Gasteiger partial charge on any atom is -0.394 e. The molecule has 1 fully saturated rings. The number of hydrogen-bond acceptors (Lipinski definition) is 3. The highest BCUT2D eigenvalue weighted by atomic mass is 16.3. The van der Waals surface area contributed by atoms with Gasteiger partial charge in [0, 0.05) is 12.2 Å². The van der Waals surface area contributed by atoms with E-state index >= 15 is 0 Å². The number of rotatable bonds is 6. The molecule has 3 N–H and O–H groups in total. The second-order valence-corrected chi connectivity index (χ2v) is 4.76. The van der Waals surface area contributed by atoms with Crippen LogP contribution in [0.15, 0.2) is 12.5 Å². The molecule has 2 unspecified atom stereocenters. The van der Waals surface area contributed by atoms with Crippen LogP contribution < -0.4 is 5.73 Å². The van der Waals surface area contributed by atoms with E-state index in [2.05, 4.69) is 16.5 Å². The molecule has 1 heterocycles. The van der Waals surface area contributed by atoms with Crippen molar-refractivity contribution in [3.8, 4) is 0 Å². The molecule has 4 heteroatoms. The molecule has 1 aliphatic rings. The first-order chi connectivity index (χ1) is 7.76. The first kappa shape index (κ1) is 11.6. The zero-order valence-corrected chi connectivity index (χ0v) is 9.84. The molecule has 90 valence electrons. The van der Waals surface area contributed by atoms with Crippen molar-refractivity contribution >= 4 is 0 Å². The topological polar surface area (TPSA) is 64.1 Å². The fraction of sp³-hybridized carbons (Fsp3) is 0.750. The standard InChI is InChI=1S/C12H21N3O/c1-2-10(5-9-3-4-9)15-8-14-6-12(15)11(13)7-16/h6,8-11,16H,2-5,7,13H2,1H3. The molecule has 1 aromatic rings. The van der Waals surface area contributed by atoms with Crippen LogP contribution in [0.2, 0.25) is 0 Å². The van der Waals surface area contributed by atoms with E-state index in [0.717, 1.165) is 18.0 Å². The van der Waals surface area contributed by atoms with Crippen molar-refractivity contribution in [2.45, 2.75) is 44.7 Å². The molecule has 1 aromatic heterocycles. The minimum absolute atomic E-state index is 0.0223. The Labute approximate surface area is 96.5 Å². The van der Waals surface area contributed by atoms with Crippen LogP contribution in [-0.4, -0.2) is 21.3 Å². The van der Waals surface area contributed by atoms with Crippen LogP contribution >= 0.6 is 0 Å². The second-order valence-electron chi connectivity index (χ2n) is 4.76. The van der Waals surface area contributed by atoms with Gasteiger partial charge in [0.1, 0.15) is 0 Å². The first-order valence-electron chi connectivity index (χ1n) is 6.14. The van der Waals surface area contributed by atoms with E-state index < -0.39 is 0 Å². The molecule has 16 heavy (non-hydrogen) atoms. The van der Waals surface area contributed by atoms with Crippen molar-refractivity contribution in [3.05, 3.63) is 18.2 Å². The molecule has 4 nitrogen and oxygen atoms in total. The summed E-state index contributed by atoms with van der Waals surface area (Å²) in [4.78, 5) is 4.16. The SMILES string of the molecule is CCC(CC1CC1)n1cncc1C(N)CO. The number of aromatic nitrogens is 2. The Morgan fingerprint density at radius 3 is 2.94 bits per heavy atom. The molecule has 2 atom stereocenters. The van der Waals surface area contributed by atoms with Crippen molar-refractivity contribution in [2.24, 2.45) is 11.7 Å². The van der Waals surface area contributed by atoms with Crippen LogP contribution in [0, 0.1) is 5.92 Å². The summed E-state index contributed by atoms with van der Waals surface area (Å²) >= 11 is 0. The van der Waals surface area contributed by atoms with Crippen LogP contribution in [0.4, 0.5) is 0 Å². The Balaban J connectivity index is 2.12. The van der Waals surface area contributed by atoms with Crippen molar-refractivity contribution in [1.29, 1.82) is 0 Å². The van der Waals surface area contributed by atoms with E-state index in [4.69, 9.17) is 10.8 Å². The molecular weight excluding hydrogens is 202 g/mol. The normalized spacial score (nSPS) is 19.7. The second kappa shape index (κ2) is 4.97. The summed E-state index contributed by atoms with van der Waals surface area (Å²) in [5, 5.41) is 9.11. The van der Waals surface area contributed by atoms with Crippen LogP contribution in [0.5, 0.6) is 0 Å². The lowest BCUT2D eigenvalue weighted by Crippen LogP contribution is -2.21. The van der Waals surface area contributed by atoms with Crippen LogP contribution in [-0.2, 0) is 0 Å². The predicted molar refractivity (Wildman–Crippen MR) is 62.9 cm³/mol.